The van der Waals surface area contributed by atoms with Crippen LogP contribution in [0.15, 0.2) is 24.3 Å². The van der Waals surface area contributed by atoms with Gasteiger partial charge in [-0.2, -0.15) is 5.26 Å². The molecule has 0 saturated heterocycles. The second-order valence-corrected chi connectivity index (χ2v) is 3.46. The van der Waals surface area contributed by atoms with Crippen molar-refractivity contribution in [3.63, 3.8) is 0 Å². The van der Waals surface area contributed by atoms with Gasteiger partial charge in [-0.3, -0.25) is 0 Å². The van der Waals surface area contributed by atoms with Gasteiger partial charge in [0.15, 0.2) is 0 Å². The SMILES string of the molecule is Cc1ccc2c(C)cc(C#N)nc2c1. The van der Waals surface area contributed by atoms with Gasteiger partial charge in [0.2, 0.25) is 0 Å². The minimum Gasteiger partial charge on any atom is -0.237 e. The van der Waals surface area contributed by atoms with Gasteiger partial charge in [0.1, 0.15) is 11.8 Å². The number of hydrogen-bond donors (Lipinski definition) is 0. The van der Waals surface area contributed by atoms with Crippen LogP contribution in [0.5, 0.6) is 0 Å². The largest absolute Gasteiger partial charge is 0.237 e. The maximum Gasteiger partial charge on any atom is 0.141 e. The van der Waals surface area contributed by atoms with Gasteiger partial charge >= 0.3 is 0 Å². The summed E-state index contributed by atoms with van der Waals surface area (Å²) in [6.07, 6.45) is 0. The van der Waals surface area contributed by atoms with Crippen molar-refractivity contribution >= 4 is 10.9 Å². The standard InChI is InChI=1S/C12H10N2/c1-8-3-4-11-9(2)6-10(7-13)14-12(11)5-8/h3-6H,1-2H3. The Bertz CT molecular complexity index is 536. The fraction of sp³-hybridized carbons (Fsp3) is 0.167. The van der Waals surface area contributed by atoms with Crippen LogP contribution in [-0.2, 0) is 0 Å². The molecule has 0 amide bonds. The normalized spacial score (nSPS) is 10.1. The zero-order valence-corrected chi connectivity index (χ0v) is 8.20. The molecule has 0 aliphatic heterocycles. The van der Waals surface area contributed by atoms with Gasteiger partial charge in [0.05, 0.1) is 5.52 Å². The average molecular weight is 182 g/mol. The molecule has 0 aliphatic rings. The second kappa shape index (κ2) is 3.12. The molecule has 0 unspecified atom stereocenters. The zero-order valence-electron chi connectivity index (χ0n) is 8.20. The fourth-order valence-electron chi connectivity index (χ4n) is 1.57. The Hall–Kier alpha value is -1.88. The third-order valence-corrected chi connectivity index (χ3v) is 2.29. The summed E-state index contributed by atoms with van der Waals surface area (Å²) >= 11 is 0. The molecule has 0 N–H and O–H groups in total. The summed E-state index contributed by atoms with van der Waals surface area (Å²) in [4.78, 5) is 4.25. The number of aromatic nitrogens is 1. The third-order valence-electron chi connectivity index (χ3n) is 2.29. The Morgan fingerprint density at radius 2 is 2.00 bits per heavy atom. The number of benzene rings is 1. The van der Waals surface area contributed by atoms with Crippen LogP contribution in [0.2, 0.25) is 0 Å². The van der Waals surface area contributed by atoms with E-state index >= 15 is 0 Å². The van der Waals surface area contributed by atoms with E-state index in [1.54, 1.807) is 0 Å². The number of fused-ring (bicyclic) bond motifs is 1. The van der Waals surface area contributed by atoms with Crippen molar-refractivity contribution in [2.45, 2.75) is 13.8 Å². The Labute approximate surface area is 82.8 Å². The molecular weight excluding hydrogens is 172 g/mol. The van der Waals surface area contributed by atoms with Crippen LogP contribution in [0, 0.1) is 25.2 Å². The summed E-state index contributed by atoms with van der Waals surface area (Å²) in [5.74, 6) is 0. The molecule has 1 aromatic carbocycles. The molecule has 1 aromatic heterocycles. The Balaban J connectivity index is 2.85. The van der Waals surface area contributed by atoms with E-state index in [-0.39, 0.29) is 0 Å². The monoisotopic (exact) mass is 182 g/mol. The van der Waals surface area contributed by atoms with Crippen molar-refractivity contribution in [2.75, 3.05) is 0 Å². The fourth-order valence-corrected chi connectivity index (χ4v) is 1.57. The van der Waals surface area contributed by atoms with Crippen molar-refractivity contribution in [1.82, 2.24) is 4.98 Å². The zero-order chi connectivity index (χ0) is 10.1. The van der Waals surface area contributed by atoms with Crippen LogP contribution in [0.1, 0.15) is 16.8 Å². The summed E-state index contributed by atoms with van der Waals surface area (Å²) in [5.41, 5.74) is 3.66. The first-order valence-corrected chi connectivity index (χ1v) is 4.49. The molecule has 2 nitrogen and oxygen atoms in total. The summed E-state index contributed by atoms with van der Waals surface area (Å²) in [7, 11) is 0. The molecule has 14 heavy (non-hydrogen) atoms. The highest BCUT2D eigenvalue weighted by Gasteiger charge is 2.01. The number of hydrogen-bond acceptors (Lipinski definition) is 2. The lowest BCUT2D eigenvalue weighted by molar-refractivity contribution is 1.29. The topological polar surface area (TPSA) is 36.7 Å². The lowest BCUT2D eigenvalue weighted by atomic mass is 10.1. The van der Waals surface area contributed by atoms with Gasteiger partial charge in [-0.25, -0.2) is 4.98 Å². The van der Waals surface area contributed by atoms with Crippen LogP contribution in [0.25, 0.3) is 10.9 Å². The van der Waals surface area contributed by atoms with E-state index < -0.39 is 0 Å². The smallest absolute Gasteiger partial charge is 0.141 e. The third kappa shape index (κ3) is 1.33. The van der Waals surface area contributed by atoms with Crippen molar-refractivity contribution in [1.29, 1.82) is 5.26 Å². The summed E-state index contributed by atoms with van der Waals surface area (Å²) in [6, 6.07) is 10.00. The minimum absolute atomic E-state index is 0.487. The number of nitriles is 1. The Morgan fingerprint density at radius 1 is 1.21 bits per heavy atom. The van der Waals surface area contributed by atoms with E-state index in [9.17, 15) is 0 Å². The minimum atomic E-state index is 0.487. The van der Waals surface area contributed by atoms with Crippen molar-refractivity contribution in [2.24, 2.45) is 0 Å². The lowest BCUT2D eigenvalue weighted by Crippen LogP contribution is -1.88. The van der Waals surface area contributed by atoms with E-state index in [0.29, 0.717) is 5.69 Å². The molecule has 2 rings (SSSR count). The van der Waals surface area contributed by atoms with Crippen LogP contribution < -0.4 is 0 Å². The number of rotatable bonds is 0. The highest BCUT2D eigenvalue weighted by atomic mass is 14.7. The second-order valence-electron chi connectivity index (χ2n) is 3.46. The van der Waals surface area contributed by atoms with Crippen LogP contribution in [0.3, 0.4) is 0 Å². The number of nitrogens with zero attached hydrogens (tertiary/aromatic N) is 2. The molecule has 0 fully saturated rings. The van der Waals surface area contributed by atoms with Gasteiger partial charge in [0.25, 0.3) is 0 Å². The van der Waals surface area contributed by atoms with Gasteiger partial charge in [-0.15, -0.1) is 0 Å². The molecule has 0 radical (unpaired) electrons. The first-order chi connectivity index (χ1) is 6.70. The van der Waals surface area contributed by atoms with Gasteiger partial charge in [-0.05, 0) is 37.1 Å². The summed E-state index contributed by atoms with van der Waals surface area (Å²) in [6.45, 7) is 4.02. The van der Waals surface area contributed by atoms with Crippen molar-refractivity contribution in [3.05, 3.63) is 41.1 Å². The highest BCUT2D eigenvalue weighted by molar-refractivity contribution is 5.83. The Kier molecular flexibility index (Phi) is 1.94. The lowest BCUT2D eigenvalue weighted by Gasteiger charge is -2.02. The predicted molar refractivity (Wildman–Crippen MR) is 55.9 cm³/mol. The van der Waals surface area contributed by atoms with Crippen LogP contribution in [-0.4, -0.2) is 4.98 Å². The molecule has 0 atom stereocenters. The molecule has 0 aliphatic carbocycles. The van der Waals surface area contributed by atoms with Crippen LogP contribution in [0.4, 0.5) is 0 Å². The van der Waals surface area contributed by atoms with Gasteiger partial charge in [0, 0.05) is 5.39 Å². The molecule has 2 heteroatoms. The molecule has 2 aromatic rings. The predicted octanol–water partition coefficient (Wildman–Crippen LogP) is 2.72. The maximum absolute atomic E-state index is 8.78. The first-order valence-electron chi connectivity index (χ1n) is 4.49. The number of pyridine rings is 1. The van der Waals surface area contributed by atoms with E-state index in [1.165, 1.54) is 5.56 Å². The van der Waals surface area contributed by atoms with Crippen molar-refractivity contribution < 1.29 is 0 Å². The van der Waals surface area contributed by atoms with Crippen molar-refractivity contribution in [3.8, 4) is 6.07 Å². The first kappa shape index (κ1) is 8.71. The quantitative estimate of drug-likeness (QED) is 0.628. The Morgan fingerprint density at radius 3 is 2.71 bits per heavy atom. The summed E-state index contributed by atoms with van der Waals surface area (Å²) in [5, 5.41) is 9.90. The summed E-state index contributed by atoms with van der Waals surface area (Å²) < 4.78 is 0. The highest BCUT2D eigenvalue weighted by Crippen LogP contribution is 2.18. The van der Waals surface area contributed by atoms with E-state index in [1.807, 2.05) is 32.0 Å². The van der Waals surface area contributed by atoms with Crippen LogP contribution >= 0.6 is 0 Å². The molecule has 1 heterocycles. The molecule has 0 bridgehead atoms. The van der Waals surface area contributed by atoms with E-state index in [2.05, 4.69) is 17.1 Å². The molecule has 0 spiro atoms. The molecule has 68 valence electrons. The number of aryl methyl sites for hydroxylation is 2. The van der Waals surface area contributed by atoms with E-state index in [0.717, 1.165) is 16.5 Å². The maximum atomic E-state index is 8.78. The van der Waals surface area contributed by atoms with Gasteiger partial charge < -0.3 is 0 Å². The molecule has 0 saturated carbocycles. The average Bonchev–Trinajstić information content (AvgIpc) is 2.16. The van der Waals surface area contributed by atoms with E-state index in [4.69, 9.17) is 5.26 Å². The van der Waals surface area contributed by atoms with Gasteiger partial charge in [-0.1, -0.05) is 12.1 Å². The molecular formula is C12H10N2.